The highest BCUT2D eigenvalue weighted by atomic mass is 32.7. The van der Waals surface area contributed by atoms with E-state index in [1.54, 1.807) is 0 Å². The van der Waals surface area contributed by atoms with Crippen LogP contribution < -0.4 is 5.73 Å². The first-order valence-corrected chi connectivity index (χ1v) is 3.23. The molecule has 0 atom stereocenters. The van der Waals surface area contributed by atoms with Crippen molar-refractivity contribution in [3.63, 3.8) is 0 Å². The van der Waals surface area contributed by atoms with Crippen molar-refractivity contribution in [3.05, 3.63) is 0 Å². The van der Waals surface area contributed by atoms with Gasteiger partial charge in [-0.25, -0.2) is 0 Å². The Morgan fingerprint density at radius 3 is 2.60 bits per heavy atom. The van der Waals surface area contributed by atoms with Crippen LogP contribution in [0.4, 0.5) is 0 Å². The lowest BCUT2D eigenvalue weighted by Gasteiger charge is -1.80. The first-order chi connectivity index (χ1) is 2.41. The Kier molecular flexibility index (Phi) is 4.91. The molecule has 0 aliphatic carbocycles. The summed E-state index contributed by atoms with van der Waals surface area (Å²) in [5.41, 5.74) is 5.01. The zero-order chi connectivity index (χ0) is 4.12. The second-order valence-electron chi connectivity index (χ2n) is 0.524. The summed E-state index contributed by atoms with van der Waals surface area (Å²) in [6.45, 7) is 0.602. The molecule has 5 heavy (non-hydrogen) atoms. The third-order valence-electron chi connectivity index (χ3n) is 0.180. The Hall–Kier alpha value is 0.480. The molecule has 0 aromatic heterocycles. The van der Waals surface area contributed by atoms with Crippen molar-refractivity contribution in [1.29, 1.82) is 0 Å². The van der Waals surface area contributed by atoms with E-state index in [1.165, 1.54) is 0 Å². The molecule has 1 nitrogen and oxygen atoms in total. The van der Waals surface area contributed by atoms with E-state index >= 15 is 0 Å². The van der Waals surface area contributed by atoms with E-state index in [4.69, 9.17) is 5.73 Å². The summed E-state index contributed by atoms with van der Waals surface area (Å²) in [4.78, 5) is 0. The second kappa shape index (κ2) is 4.48. The lowest BCUT2D eigenvalue weighted by Crippen LogP contribution is -1.96. The molecule has 0 aliphatic heterocycles. The average Bonchev–Trinajstić information content (AvgIpc) is 1.41. The minimum Gasteiger partial charge on any atom is -0.728 e. The molecular weight excluding hydrogens is 101 g/mol. The van der Waals surface area contributed by atoms with Gasteiger partial charge in [-0.2, -0.15) is 0 Å². The van der Waals surface area contributed by atoms with Crippen molar-refractivity contribution >= 4 is 25.5 Å². The van der Waals surface area contributed by atoms with Gasteiger partial charge in [0.15, 0.2) is 0 Å². The summed E-state index contributed by atoms with van der Waals surface area (Å²) in [5.74, 6) is 1.81. The molecule has 3 heteroatoms. The zero-order valence-corrected chi connectivity index (χ0v) is 4.43. The van der Waals surface area contributed by atoms with Crippen LogP contribution in [0.3, 0.4) is 0 Å². The Balaban J connectivity index is 2.62. The predicted octanol–water partition coefficient (Wildman–Crippen LogP) is 0.155. The van der Waals surface area contributed by atoms with Crippen molar-refractivity contribution in [2.24, 2.45) is 5.73 Å². The van der Waals surface area contributed by atoms with E-state index in [1.807, 2.05) is 5.80 Å². The molecule has 2 N–H and O–H groups in total. The van der Waals surface area contributed by atoms with Gasteiger partial charge in [-0.3, -0.25) is 7.41 Å². The van der Waals surface area contributed by atoms with E-state index in [0.29, 0.717) is 6.54 Å². The van der Waals surface area contributed by atoms with Crippen LogP contribution in [-0.2, 0) is 12.2 Å². The van der Waals surface area contributed by atoms with Crippen molar-refractivity contribution in [3.8, 4) is 0 Å². The largest absolute Gasteiger partial charge is 0.728 e. The highest BCUT2D eigenvalue weighted by Crippen LogP contribution is 1.77. The van der Waals surface area contributed by atoms with Crippen LogP contribution in [-0.4, -0.2) is 12.3 Å². The summed E-state index contributed by atoms with van der Waals surface area (Å²) in [7, 11) is 0.863. The summed E-state index contributed by atoms with van der Waals surface area (Å²) in [6, 6.07) is 0. The molecule has 0 aromatic rings. The fourth-order valence-electron chi connectivity index (χ4n) is 0.0430. The Morgan fingerprint density at radius 1 is 2.00 bits per heavy atom. The fourth-order valence-corrected chi connectivity index (χ4v) is 0.387. The van der Waals surface area contributed by atoms with E-state index in [9.17, 15) is 0 Å². The van der Waals surface area contributed by atoms with Gasteiger partial charge in [0, 0.05) is 6.54 Å². The Labute approximate surface area is 38.5 Å². The van der Waals surface area contributed by atoms with Gasteiger partial charge in [0.1, 0.15) is 0 Å². The van der Waals surface area contributed by atoms with Gasteiger partial charge in [0.25, 0.3) is 0 Å². The first-order valence-electron chi connectivity index (χ1n) is 1.26. The predicted molar refractivity (Wildman–Crippen MR) is 29.4 cm³/mol. The van der Waals surface area contributed by atoms with Crippen LogP contribution in [0, 0.1) is 0 Å². The van der Waals surface area contributed by atoms with Crippen LogP contribution >= 0.6 is 7.41 Å². The smallest absolute Gasteiger partial charge is 0.0130 e. The van der Waals surface area contributed by atoms with Crippen LogP contribution in [0.25, 0.3) is 0 Å². The third-order valence-corrected chi connectivity index (χ3v) is 0.987. The molecule has 0 unspecified atom stereocenters. The summed E-state index contributed by atoms with van der Waals surface area (Å²) >= 11 is 4.49. The monoisotopic (exact) mass is 106 g/mol. The zero-order valence-electron chi connectivity index (χ0n) is 2.72. The molecule has 0 aromatic carbocycles. The average molecular weight is 106 g/mol. The van der Waals surface area contributed by atoms with Gasteiger partial charge >= 0.3 is 0 Å². The van der Waals surface area contributed by atoms with Crippen LogP contribution in [0.5, 0.6) is 0 Å². The normalized spacial score (nSPS) is 10.0. The van der Waals surface area contributed by atoms with Crippen LogP contribution in [0.15, 0.2) is 0 Å². The summed E-state index contributed by atoms with van der Waals surface area (Å²) < 4.78 is 0. The first kappa shape index (κ1) is 5.48. The second-order valence-corrected chi connectivity index (χ2v) is 1.73. The van der Waals surface area contributed by atoms with Crippen molar-refractivity contribution in [2.75, 3.05) is 6.54 Å². The molecule has 0 fully saturated rings. The minimum atomic E-state index is 0.602. The highest BCUT2D eigenvalue weighted by molar-refractivity contribution is 8.23. The SMILES string of the molecule is NCC=P[S-]. The van der Waals surface area contributed by atoms with Crippen molar-refractivity contribution in [1.82, 2.24) is 0 Å². The fraction of sp³-hybridized carbons (Fsp3) is 0.500. The van der Waals surface area contributed by atoms with Gasteiger partial charge in [0.05, 0.1) is 0 Å². The van der Waals surface area contributed by atoms with Gasteiger partial charge in [-0.1, -0.05) is 5.80 Å². The van der Waals surface area contributed by atoms with E-state index in [-0.39, 0.29) is 0 Å². The number of nitrogens with two attached hydrogens (primary N) is 1. The van der Waals surface area contributed by atoms with Gasteiger partial charge in [-0.05, 0) is 0 Å². The quantitative estimate of drug-likeness (QED) is 0.380. The topological polar surface area (TPSA) is 26.0 Å². The highest BCUT2D eigenvalue weighted by Gasteiger charge is 1.46. The minimum absolute atomic E-state index is 0.602. The molecular formula is C2H5NPS-. The van der Waals surface area contributed by atoms with E-state index < -0.39 is 0 Å². The molecule has 0 heterocycles. The molecule has 0 saturated carbocycles. The van der Waals surface area contributed by atoms with Crippen molar-refractivity contribution < 1.29 is 0 Å². The maximum absolute atomic E-state index is 5.01. The molecule has 30 valence electrons. The standard InChI is InChI=1S/C2H5NPS/c3-1-2-4-5/h2H,1,3H2/q-1. The molecule has 0 spiro atoms. The number of hydrogen-bond donors (Lipinski definition) is 1. The Morgan fingerprint density at radius 2 is 2.60 bits per heavy atom. The van der Waals surface area contributed by atoms with Gasteiger partial charge in [0.2, 0.25) is 0 Å². The number of rotatable bonds is 1. The van der Waals surface area contributed by atoms with E-state index in [2.05, 4.69) is 12.2 Å². The Bertz CT molecular complexity index is 36.6. The number of hydrogen-bond acceptors (Lipinski definition) is 2. The van der Waals surface area contributed by atoms with Gasteiger partial charge < -0.3 is 18.0 Å². The lowest BCUT2D eigenvalue weighted by atomic mass is 10.8. The third kappa shape index (κ3) is 4.48. The maximum Gasteiger partial charge on any atom is 0.0130 e. The molecule has 0 aliphatic rings. The summed E-state index contributed by atoms with van der Waals surface area (Å²) in [6.07, 6.45) is 0. The molecule has 0 amide bonds. The maximum atomic E-state index is 5.01. The van der Waals surface area contributed by atoms with Gasteiger partial charge in [-0.15, -0.1) is 0 Å². The summed E-state index contributed by atoms with van der Waals surface area (Å²) in [5, 5.41) is 0. The van der Waals surface area contributed by atoms with Crippen LogP contribution in [0.1, 0.15) is 0 Å². The lowest BCUT2D eigenvalue weighted by molar-refractivity contribution is 1.36. The van der Waals surface area contributed by atoms with E-state index in [0.717, 1.165) is 7.41 Å². The molecule has 0 saturated heterocycles. The molecule has 0 radical (unpaired) electrons. The molecule has 0 rings (SSSR count). The van der Waals surface area contributed by atoms with Crippen LogP contribution in [0.2, 0.25) is 0 Å². The molecule has 0 bridgehead atoms. The van der Waals surface area contributed by atoms with Crippen molar-refractivity contribution in [2.45, 2.75) is 0 Å².